The van der Waals surface area contributed by atoms with Crippen LogP contribution in [0.15, 0.2) is 36.5 Å². The van der Waals surface area contributed by atoms with E-state index in [0.717, 1.165) is 41.4 Å². The third kappa shape index (κ3) is 3.66. The number of nitrogens with one attached hydrogen (secondary N) is 1. The van der Waals surface area contributed by atoms with Gasteiger partial charge in [-0.2, -0.15) is 5.10 Å². The molecule has 0 bridgehead atoms. The van der Waals surface area contributed by atoms with E-state index in [1.54, 1.807) is 0 Å². The van der Waals surface area contributed by atoms with Crippen molar-refractivity contribution in [3.63, 3.8) is 0 Å². The summed E-state index contributed by atoms with van der Waals surface area (Å²) < 4.78 is 2.11. The van der Waals surface area contributed by atoms with Gasteiger partial charge >= 0.3 is 0 Å². The van der Waals surface area contributed by atoms with Crippen molar-refractivity contribution in [1.29, 1.82) is 0 Å². The number of pyridine rings is 1. The lowest BCUT2D eigenvalue weighted by atomic mass is 9.91. The third-order valence-electron chi connectivity index (χ3n) is 5.70. The summed E-state index contributed by atoms with van der Waals surface area (Å²) in [5, 5.41) is 8.84. The Kier molecular flexibility index (Phi) is 4.93. The van der Waals surface area contributed by atoms with Crippen molar-refractivity contribution in [2.24, 2.45) is 0 Å². The predicted molar refractivity (Wildman–Crippen MR) is 116 cm³/mol. The fraction of sp³-hybridized carbons (Fsp3) is 0.458. The second-order valence-electron chi connectivity index (χ2n) is 9.31. The molecule has 4 rings (SSSR count). The van der Waals surface area contributed by atoms with Gasteiger partial charge < -0.3 is 5.32 Å². The highest BCUT2D eigenvalue weighted by atomic mass is 16.1. The molecular weight excluding hydrogens is 360 g/mol. The molecule has 1 aromatic carbocycles. The fourth-order valence-electron chi connectivity index (χ4n) is 4.20. The molecule has 0 aliphatic heterocycles. The number of carbonyl (C=O) groups excluding carboxylic acids is 1. The van der Waals surface area contributed by atoms with Crippen molar-refractivity contribution in [1.82, 2.24) is 20.1 Å². The van der Waals surface area contributed by atoms with E-state index in [-0.39, 0.29) is 23.4 Å². The SMILES string of the molecule is CC(C)c1cc(C(=O)N[C@@H]2CCCc3c2cnn3C(C)(C)C)c2ccccc2n1. The Balaban J connectivity index is 1.69. The first-order chi connectivity index (χ1) is 13.8. The molecule has 5 nitrogen and oxygen atoms in total. The molecule has 0 spiro atoms. The van der Waals surface area contributed by atoms with Crippen molar-refractivity contribution < 1.29 is 4.79 Å². The zero-order chi connectivity index (χ0) is 20.8. The quantitative estimate of drug-likeness (QED) is 0.675. The van der Waals surface area contributed by atoms with Crippen LogP contribution in [-0.4, -0.2) is 20.7 Å². The predicted octanol–water partition coefficient (Wildman–Crippen LogP) is 5.12. The monoisotopic (exact) mass is 390 g/mol. The van der Waals surface area contributed by atoms with E-state index in [1.807, 2.05) is 36.5 Å². The van der Waals surface area contributed by atoms with Gasteiger partial charge in [0, 0.05) is 22.3 Å². The first-order valence-corrected chi connectivity index (χ1v) is 10.5. The molecule has 1 atom stereocenters. The molecule has 1 aliphatic rings. The number of amides is 1. The highest BCUT2D eigenvalue weighted by Crippen LogP contribution is 2.33. The van der Waals surface area contributed by atoms with Crippen LogP contribution in [0.2, 0.25) is 0 Å². The summed E-state index contributed by atoms with van der Waals surface area (Å²) in [5.41, 5.74) is 4.85. The Morgan fingerprint density at radius 3 is 2.72 bits per heavy atom. The summed E-state index contributed by atoms with van der Waals surface area (Å²) in [4.78, 5) is 18.1. The minimum Gasteiger partial charge on any atom is -0.345 e. The topological polar surface area (TPSA) is 59.8 Å². The summed E-state index contributed by atoms with van der Waals surface area (Å²) >= 11 is 0. The minimum absolute atomic E-state index is 0.00298. The lowest BCUT2D eigenvalue weighted by molar-refractivity contribution is 0.0934. The molecule has 1 N–H and O–H groups in total. The molecule has 152 valence electrons. The maximum Gasteiger partial charge on any atom is 0.252 e. The number of rotatable bonds is 3. The van der Waals surface area contributed by atoms with Crippen LogP contribution < -0.4 is 5.32 Å². The smallest absolute Gasteiger partial charge is 0.252 e. The number of para-hydroxylation sites is 1. The van der Waals surface area contributed by atoms with Crippen LogP contribution in [0.5, 0.6) is 0 Å². The van der Waals surface area contributed by atoms with Gasteiger partial charge in [0.1, 0.15) is 0 Å². The lowest BCUT2D eigenvalue weighted by Gasteiger charge is -2.28. The molecule has 2 aromatic heterocycles. The number of fused-ring (bicyclic) bond motifs is 2. The van der Waals surface area contributed by atoms with Gasteiger partial charge in [-0.3, -0.25) is 14.5 Å². The number of hydrogen-bond acceptors (Lipinski definition) is 3. The summed E-state index contributed by atoms with van der Waals surface area (Å²) in [6.45, 7) is 10.7. The van der Waals surface area contributed by atoms with E-state index in [9.17, 15) is 4.79 Å². The van der Waals surface area contributed by atoms with Gasteiger partial charge in [-0.15, -0.1) is 0 Å². The second-order valence-corrected chi connectivity index (χ2v) is 9.31. The molecule has 1 aliphatic carbocycles. The molecule has 0 unspecified atom stereocenters. The molecule has 5 heteroatoms. The Morgan fingerprint density at radius 1 is 1.24 bits per heavy atom. The van der Waals surface area contributed by atoms with Crippen LogP contribution in [0.25, 0.3) is 10.9 Å². The average Bonchev–Trinajstić information content (AvgIpc) is 3.12. The molecule has 0 saturated heterocycles. The van der Waals surface area contributed by atoms with Gasteiger partial charge in [0.2, 0.25) is 0 Å². The number of hydrogen-bond donors (Lipinski definition) is 1. The first-order valence-electron chi connectivity index (χ1n) is 10.5. The highest BCUT2D eigenvalue weighted by molar-refractivity contribution is 6.06. The zero-order valence-corrected chi connectivity index (χ0v) is 18.0. The van der Waals surface area contributed by atoms with E-state index in [2.05, 4.69) is 49.7 Å². The van der Waals surface area contributed by atoms with Crippen LogP contribution in [0, 0.1) is 0 Å². The average molecular weight is 391 g/mol. The van der Waals surface area contributed by atoms with Crippen LogP contribution in [-0.2, 0) is 12.0 Å². The van der Waals surface area contributed by atoms with Gasteiger partial charge in [0.05, 0.1) is 28.9 Å². The summed E-state index contributed by atoms with van der Waals surface area (Å²) in [5.74, 6) is 0.226. The second kappa shape index (κ2) is 7.29. The number of aromatic nitrogens is 3. The van der Waals surface area contributed by atoms with Crippen molar-refractivity contribution in [2.75, 3.05) is 0 Å². The molecule has 0 saturated carbocycles. The highest BCUT2D eigenvalue weighted by Gasteiger charge is 2.29. The van der Waals surface area contributed by atoms with E-state index in [1.165, 1.54) is 5.69 Å². The standard InChI is InChI=1S/C24H30N4O/c1-15(2)21-13-17(16-9-6-7-10-19(16)26-21)23(29)27-20-11-8-12-22-18(20)14-25-28(22)24(3,4)5/h6-7,9-10,13-15,20H,8,11-12H2,1-5H3,(H,27,29)/t20-/m1/s1. The Morgan fingerprint density at radius 2 is 2.00 bits per heavy atom. The fourth-order valence-corrected chi connectivity index (χ4v) is 4.20. The maximum atomic E-state index is 13.3. The van der Waals surface area contributed by atoms with Gasteiger partial charge in [-0.1, -0.05) is 32.0 Å². The molecule has 3 aromatic rings. The van der Waals surface area contributed by atoms with Crippen molar-refractivity contribution in [3.05, 3.63) is 59.0 Å². The number of carbonyl (C=O) groups is 1. The summed E-state index contributed by atoms with van der Waals surface area (Å²) in [7, 11) is 0. The van der Waals surface area contributed by atoms with Gasteiger partial charge in [0.15, 0.2) is 0 Å². The summed E-state index contributed by atoms with van der Waals surface area (Å²) in [6.07, 6.45) is 4.94. The third-order valence-corrected chi connectivity index (χ3v) is 5.70. The van der Waals surface area contributed by atoms with Gasteiger partial charge in [-0.25, -0.2) is 0 Å². The van der Waals surface area contributed by atoms with E-state index < -0.39 is 0 Å². The van der Waals surface area contributed by atoms with Crippen LogP contribution in [0.1, 0.15) is 86.7 Å². The van der Waals surface area contributed by atoms with Gasteiger partial charge in [-0.05, 0) is 58.1 Å². The maximum absolute atomic E-state index is 13.3. The first kappa shape index (κ1) is 19.6. The molecule has 29 heavy (non-hydrogen) atoms. The van der Waals surface area contributed by atoms with E-state index in [4.69, 9.17) is 4.98 Å². The minimum atomic E-state index is -0.0625. The molecule has 0 radical (unpaired) electrons. The van der Waals surface area contributed by atoms with Crippen molar-refractivity contribution in [3.8, 4) is 0 Å². The van der Waals surface area contributed by atoms with E-state index >= 15 is 0 Å². The summed E-state index contributed by atoms with van der Waals surface area (Å²) in [6, 6.07) is 9.83. The van der Waals surface area contributed by atoms with Crippen LogP contribution in [0.3, 0.4) is 0 Å². The van der Waals surface area contributed by atoms with Crippen molar-refractivity contribution >= 4 is 16.8 Å². The molecule has 1 amide bonds. The largest absolute Gasteiger partial charge is 0.345 e. The van der Waals surface area contributed by atoms with E-state index in [0.29, 0.717) is 5.56 Å². The van der Waals surface area contributed by atoms with Crippen LogP contribution in [0.4, 0.5) is 0 Å². The van der Waals surface area contributed by atoms with Crippen molar-refractivity contribution in [2.45, 2.75) is 71.4 Å². The molecule has 2 heterocycles. The normalized spacial score (nSPS) is 16.8. The Hall–Kier alpha value is -2.69. The Labute approximate surface area is 172 Å². The molecular formula is C24H30N4O. The zero-order valence-electron chi connectivity index (χ0n) is 18.0. The number of nitrogens with zero attached hydrogens (tertiary/aromatic N) is 3. The number of benzene rings is 1. The van der Waals surface area contributed by atoms with Gasteiger partial charge in [0.25, 0.3) is 5.91 Å². The van der Waals surface area contributed by atoms with Crippen LogP contribution >= 0.6 is 0 Å². The molecule has 0 fully saturated rings. The Bertz CT molecular complexity index is 1060. The lowest BCUT2D eigenvalue weighted by Crippen LogP contribution is -2.32.